The van der Waals surface area contributed by atoms with E-state index in [2.05, 4.69) is 10.3 Å². The second-order valence-electron chi connectivity index (χ2n) is 1.13. The molecule has 0 saturated carbocycles. The predicted octanol–water partition coefficient (Wildman–Crippen LogP) is -0.807. The number of nitrogens with zero attached hydrogens (tertiary/aromatic N) is 1. The average Bonchev–Trinajstić information content (AvgIpc) is 1.69. The maximum absolute atomic E-state index is 5.15. The van der Waals surface area contributed by atoms with Crippen molar-refractivity contribution in [2.24, 2.45) is 10.7 Å². The van der Waals surface area contributed by atoms with E-state index < -0.39 is 0 Å². The Balaban J connectivity index is 2.69. The van der Waals surface area contributed by atoms with Crippen LogP contribution in [0.2, 0.25) is 0 Å². The van der Waals surface area contributed by atoms with E-state index in [0.29, 0.717) is 6.54 Å². The lowest BCUT2D eigenvalue weighted by molar-refractivity contribution is 0.887. The van der Waals surface area contributed by atoms with Crippen LogP contribution < -0.4 is 11.1 Å². The third kappa shape index (κ3) is 5.43. The van der Waals surface area contributed by atoms with Crippen molar-refractivity contribution in [3.05, 3.63) is 0 Å². The van der Waals surface area contributed by atoms with Gasteiger partial charge < -0.3 is 11.1 Å². The van der Waals surface area contributed by atoms with Crippen molar-refractivity contribution in [1.82, 2.24) is 5.32 Å². The molecule has 0 bridgehead atoms. The monoisotopic (exact) mass is 101 g/mol. The molecule has 0 saturated heterocycles. The zero-order valence-corrected chi connectivity index (χ0v) is 4.52. The number of nitrogens with one attached hydrogen (secondary N) is 1. The molecule has 0 rings (SSSR count). The fraction of sp³-hybridized carbons (Fsp3) is 0.750. The van der Waals surface area contributed by atoms with Gasteiger partial charge in [0.25, 0.3) is 0 Å². The van der Waals surface area contributed by atoms with E-state index in [1.807, 2.05) is 0 Å². The van der Waals surface area contributed by atoms with Gasteiger partial charge in [0.05, 0.1) is 6.34 Å². The van der Waals surface area contributed by atoms with E-state index in [1.165, 1.54) is 0 Å². The van der Waals surface area contributed by atoms with Gasteiger partial charge in [0.2, 0.25) is 0 Å². The van der Waals surface area contributed by atoms with E-state index in [9.17, 15) is 0 Å². The van der Waals surface area contributed by atoms with Crippen LogP contribution in [0.25, 0.3) is 0 Å². The molecule has 0 heterocycles. The molecule has 0 aliphatic carbocycles. The van der Waals surface area contributed by atoms with E-state index in [4.69, 9.17) is 5.73 Å². The molecule has 0 aromatic rings. The molecule has 0 atom stereocenters. The fourth-order valence-corrected chi connectivity index (χ4v) is 0.239. The Morgan fingerprint density at radius 1 is 1.86 bits per heavy atom. The Bertz CT molecular complexity index is 50.9. The first-order valence-corrected chi connectivity index (χ1v) is 2.26. The first-order chi connectivity index (χ1) is 3.41. The number of rotatable bonds is 3. The van der Waals surface area contributed by atoms with Gasteiger partial charge in [-0.1, -0.05) is 0 Å². The van der Waals surface area contributed by atoms with E-state index in [1.54, 1.807) is 13.4 Å². The first kappa shape index (κ1) is 6.43. The summed E-state index contributed by atoms with van der Waals surface area (Å²) in [5, 5.41) is 2.87. The van der Waals surface area contributed by atoms with Crippen molar-refractivity contribution >= 4 is 6.34 Å². The second kappa shape index (κ2) is 5.43. The topological polar surface area (TPSA) is 50.4 Å². The van der Waals surface area contributed by atoms with Crippen molar-refractivity contribution in [2.45, 2.75) is 0 Å². The van der Waals surface area contributed by atoms with E-state index in [-0.39, 0.29) is 0 Å². The summed E-state index contributed by atoms with van der Waals surface area (Å²) in [6.07, 6.45) is 1.63. The van der Waals surface area contributed by atoms with Crippen LogP contribution in [0.1, 0.15) is 0 Å². The van der Waals surface area contributed by atoms with Crippen molar-refractivity contribution in [3.8, 4) is 0 Å². The van der Waals surface area contributed by atoms with Gasteiger partial charge >= 0.3 is 0 Å². The summed E-state index contributed by atoms with van der Waals surface area (Å²) < 4.78 is 0. The number of nitrogens with two attached hydrogens (primary N) is 1. The van der Waals surface area contributed by atoms with Crippen LogP contribution in [0.15, 0.2) is 4.99 Å². The highest BCUT2D eigenvalue weighted by molar-refractivity contribution is 5.53. The Hall–Kier alpha value is -0.570. The smallest absolute Gasteiger partial charge is 0.0820 e. The molecular formula is C4H11N3. The molecule has 3 nitrogen and oxygen atoms in total. The van der Waals surface area contributed by atoms with Crippen LogP contribution in [0.4, 0.5) is 0 Å². The van der Waals surface area contributed by atoms with E-state index >= 15 is 0 Å². The summed E-state index contributed by atoms with van der Waals surface area (Å²) in [5.74, 6) is 0. The second-order valence-corrected chi connectivity index (χ2v) is 1.13. The van der Waals surface area contributed by atoms with Gasteiger partial charge in [-0.05, 0) is 0 Å². The minimum absolute atomic E-state index is 0.659. The van der Waals surface area contributed by atoms with Crippen LogP contribution in [-0.2, 0) is 0 Å². The van der Waals surface area contributed by atoms with Gasteiger partial charge in [0.1, 0.15) is 0 Å². The van der Waals surface area contributed by atoms with Gasteiger partial charge in [-0.25, -0.2) is 0 Å². The first-order valence-electron chi connectivity index (χ1n) is 2.26. The molecule has 0 radical (unpaired) electrons. The summed E-state index contributed by atoms with van der Waals surface area (Å²) in [5.41, 5.74) is 5.15. The lowest BCUT2D eigenvalue weighted by Gasteiger charge is -1.90. The maximum Gasteiger partial charge on any atom is 0.0820 e. The standard InChI is InChI=1S/C4H11N3/c1-6-4-7-3-2-5/h4H,2-3,5H2,1H3,(H,6,7). The molecule has 42 valence electrons. The van der Waals surface area contributed by atoms with Crippen molar-refractivity contribution in [1.29, 1.82) is 0 Å². The normalized spacial score (nSPS) is 10.0. The summed E-state index contributed by atoms with van der Waals surface area (Å²) in [6.45, 7) is 1.46. The molecule has 0 unspecified atom stereocenters. The van der Waals surface area contributed by atoms with Crippen molar-refractivity contribution in [2.75, 3.05) is 20.1 Å². The van der Waals surface area contributed by atoms with E-state index in [0.717, 1.165) is 6.54 Å². The fourth-order valence-electron chi connectivity index (χ4n) is 0.239. The van der Waals surface area contributed by atoms with Crippen LogP contribution in [0.3, 0.4) is 0 Å². The van der Waals surface area contributed by atoms with Gasteiger partial charge in [0, 0.05) is 20.1 Å². The lowest BCUT2D eigenvalue weighted by atomic mass is 10.7. The summed E-state index contributed by atoms with van der Waals surface area (Å²) >= 11 is 0. The number of aliphatic imine (C=N–C) groups is 1. The molecule has 0 amide bonds. The Morgan fingerprint density at radius 3 is 3.00 bits per heavy atom. The van der Waals surface area contributed by atoms with Crippen LogP contribution in [0, 0.1) is 0 Å². The van der Waals surface area contributed by atoms with Crippen molar-refractivity contribution in [3.63, 3.8) is 0 Å². The predicted molar refractivity (Wildman–Crippen MR) is 31.5 cm³/mol. The SMILES string of the molecule is CN=CNCCN. The van der Waals surface area contributed by atoms with Gasteiger partial charge in [-0.15, -0.1) is 0 Å². The summed E-state index contributed by atoms with van der Waals surface area (Å²) in [4.78, 5) is 3.68. The third-order valence-electron chi connectivity index (χ3n) is 0.509. The minimum atomic E-state index is 0.659. The molecule has 0 aromatic carbocycles. The molecule has 7 heavy (non-hydrogen) atoms. The average molecular weight is 101 g/mol. The Labute approximate surface area is 43.6 Å². The highest BCUT2D eigenvalue weighted by Crippen LogP contribution is 1.46. The minimum Gasteiger partial charge on any atom is -0.375 e. The Morgan fingerprint density at radius 2 is 2.57 bits per heavy atom. The molecular weight excluding hydrogens is 90.1 g/mol. The molecule has 0 fully saturated rings. The largest absolute Gasteiger partial charge is 0.375 e. The number of hydrogen-bond donors (Lipinski definition) is 2. The van der Waals surface area contributed by atoms with Gasteiger partial charge in [-0.3, -0.25) is 4.99 Å². The Kier molecular flexibility index (Phi) is 4.99. The van der Waals surface area contributed by atoms with Crippen LogP contribution in [0.5, 0.6) is 0 Å². The highest BCUT2D eigenvalue weighted by Gasteiger charge is 1.69. The molecule has 0 aliphatic heterocycles. The maximum atomic E-state index is 5.15. The number of hydrogen-bond acceptors (Lipinski definition) is 2. The zero-order valence-electron chi connectivity index (χ0n) is 4.52. The zero-order chi connectivity index (χ0) is 5.54. The summed E-state index contributed by atoms with van der Waals surface area (Å²) in [6, 6.07) is 0. The van der Waals surface area contributed by atoms with Gasteiger partial charge in [-0.2, -0.15) is 0 Å². The van der Waals surface area contributed by atoms with Crippen LogP contribution >= 0.6 is 0 Å². The molecule has 0 aromatic heterocycles. The molecule has 3 heteroatoms. The quantitative estimate of drug-likeness (QED) is 0.277. The highest BCUT2D eigenvalue weighted by atomic mass is 14.9. The third-order valence-corrected chi connectivity index (χ3v) is 0.509. The van der Waals surface area contributed by atoms with Crippen LogP contribution in [-0.4, -0.2) is 26.5 Å². The van der Waals surface area contributed by atoms with Gasteiger partial charge in [0.15, 0.2) is 0 Å². The molecule has 0 spiro atoms. The molecule has 3 N–H and O–H groups in total. The molecule has 0 aliphatic rings. The lowest BCUT2D eigenvalue weighted by Crippen LogP contribution is -2.20. The van der Waals surface area contributed by atoms with Crippen molar-refractivity contribution < 1.29 is 0 Å². The summed E-state index contributed by atoms with van der Waals surface area (Å²) in [7, 11) is 1.71.